The highest BCUT2D eigenvalue weighted by molar-refractivity contribution is 6.30. The maximum atomic E-state index is 13.6. The van der Waals surface area contributed by atoms with Crippen LogP contribution in [0.25, 0.3) is 0 Å². The van der Waals surface area contributed by atoms with Crippen LogP contribution in [0.15, 0.2) is 24.3 Å². The first-order valence-corrected chi connectivity index (χ1v) is 10.7. The maximum Gasteiger partial charge on any atom is 0.251 e. The molecule has 3 rings (SSSR count). The number of piperazine rings is 1. The largest absolute Gasteiger partial charge is 0.340 e. The van der Waals surface area contributed by atoms with Crippen LogP contribution < -0.4 is 0 Å². The Morgan fingerprint density at radius 2 is 1.79 bits per heavy atom. The molecule has 0 N–H and O–H groups in total. The molecule has 2 aliphatic rings. The zero-order valence-electron chi connectivity index (χ0n) is 17.7. The number of carbonyl (C=O) groups is 3. The van der Waals surface area contributed by atoms with E-state index in [-0.39, 0.29) is 42.8 Å². The van der Waals surface area contributed by atoms with Gasteiger partial charge in [-0.3, -0.25) is 14.4 Å². The van der Waals surface area contributed by atoms with Gasteiger partial charge in [-0.15, -0.1) is 0 Å². The van der Waals surface area contributed by atoms with Crippen LogP contribution in [0.4, 0.5) is 0 Å². The van der Waals surface area contributed by atoms with Gasteiger partial charge < -0.3 is 14.7 Å². The van der Waals surface area contributed by atoms with Gasteiger partial charge in [-0.25, -0.2) is 0 Å². The third-order valence-corrected chi connectivity index (χ3v) is 6.09. The summed E-state index contributed by atoms with van der Waals surface area (Å²) in [6.45, 7) is 9.02. The topological polar surface area (TPSA) is 60.9 Å². The first-order valence-electron chi connectivity index (χ1n) is 10.3. The maximum absolute atomic E-state index is 13.6. The van der Waals surface area contributed by atoms with Crippen molar-refractivity contribution in [1.29, 1.82) is 0 Å². The summed E-state index contributed by atoms with van der Waals surface area (Å²) in [5.74, 6) is 0.164. The van der Waals surface area contributed by atoms with Crippen LogP contribution in [0.2, 0.25) is 5.02 Å². The normalized spacial score (nSPS) is 22.5. The van der Waals surface area contributed by atoms with Gasteiger partial charge in [0.1, 0.15) is 12.1 Å². The lowest BCUT2D eigenvalue weighted by atomic mass is 9.89. The number of hydrogen-bond donors (Lipinski definition) is 0. The van der Waals surface area contributed by atoms with Crippen LogP contribution >= 0.6 is 11.6 Å². The molecule has 2 aliphatic heterocycles. The molecule has 0 aromatic heterocycles. The molecule has 1 atom stereocenters. The number of rotatable bonds is 5. The van der Waals surface area contributed by atoms with Gasteiger partial charge >= 0.3 is 0 Å². The Morgan fingerprint density at radius 1 is 1.14 bits per heavy atom. The van der Waals surface area contributed by atoms with Gasteiger partial charge in [0.25, 0.3) is 5.91 Å². The van der Waals surface area contributed by atoms with E-state index < -0.39 is 5.54 Å². The van der Waals surface area contributed by atoms with Crippen molar-refractivity contribution in [3.05, 3.63) is 34.9 Å². The van der Waals surface area contributed by atoms with Gasteiger partial charge in [0, 0.05) is 30.6 Å². The van der Waals surface area contributed by atoms with Crippen molar-refractivity contribution in [2.24, 2.45) is 5.92 Å². The summed E-state index contributed by atoms with van der Waals surface area (Å²) in [5, 5.41) is 0.627. The monoisotopic (exact) mass is 419 g/mol. The van der Waals surface area contributed by atoms with Crippen LogP contribution in [-0.4, -0.2) is 63.6 Å². The smallest absolute Gasteiger partial charge is 0.251 e. The van der Waals surface area contributed by atoms with Crippen molar-refractivity contribution < 1.29 is 14.4 Å². The van der Waals surface area contributed by atoms with Crippen LogP contribution in [0.3, 0.4) is 0 Å². The van der Waals surface area contributed by atoms with Crippen LogP contribution in [0.5, 0.6) is 0 Å². The molecular weight excluding hydrogens is 390 g/mol. The molecule has 1 aromatic rings. The standard InChI is InChI=1S/C22H30ClN3O3/c1-15(2)11-19(27)24-10-9-22(14-24)21(29)25(16(3)4)13-20(28)26(22)12-17-5-7-18(23)8-6-17/h5-8,15-16H,9-14H2,1-4H3. The molecule has 2 saturated heterocycles. The Kier molecular flexibility index (Phi) is 6.22. The van der Waals surface area contributed by atoms with Gasteiger partial charge in [0.15, 0.2) is 0 Å². The lowest BCUT2D eigenvalue weighted by Crippen LogP contribution is -2.69. The third-order valence-electron chi connectivity index (χ3n) is 5.84. The second-order valence-electron chi connectivity index (χ2n) is 8.83. The second-order valence-corrected chi connectivity index (χ2v) is 9.26. The number of amides is 3. The van der Waals surface area contributed by atoms with Crippen molar-refractivity contribution in [3.8, 4) is 0 Å². The fourth-order valence-corrected chi connectivity index (χ4v) is 4.36. The number of carbonyl (C=O) groups excluding carboxylic acids is 3. The van der Waals surface area contributed by atoms with Gasteiger partial charge in [0.2, 0.25) is 11.8 Å². The Balaban J connectivity index is 1.92. The average Bonchev–Trinajstić information content (AvgIpc) is 3.09. The molecule has 0 radical (unpaired) electrons. The molecule has 1 aromatic carbocycles. The lowest BCUT2D eigenvalue weighted by Gasteiger charge is -2.48. The number of nitrogens with zero attached hydrogens (tertiary/aromatic N) is 3. The molecule has 7 heteroatoms. The van der Waals surface area contributed by atoms with Gasteiger partial charge in [-0.1, -0.05) is 37.6 Å². The summed E-state index contributed by atoms with van der Waals surface area (Å²) in [6.07, 6.45) is 0.918. The van der Waals surface area contributed by atoms with E-state index in [9.17, 15) is 14.4 Å². The fraction of sp³-hybridized carbons (Fsp3) is 0.591. The summed E-state index contributed by atoms with van der Waals surface area (Å²) in [7, 11) is 0. The first-order chi connectivity index (χ1) is 13.6. The van der Waals surface area contributed by atoms with Gasteiger partial charge in [-0.2, -0.15) is 0 Å². The Labute approximate surface area is 177 Å². The highest BCUT2D eigenvalue weighted by Crippen LogP contribution is 2.36. The molecule has 0 aliphatic carbocycles. The number of benzene rings is 1. The number of likely N-dealkylation sites (tertiary alicyclic amines) is 1. The molecule has 0 saturated carbocycles. The minimum atomic E-state index is -0.994. The van der Waals surface area contributed by atoms with Crippen molar-refractivity contribution in [2.75, 3.05) is 19.6 Å². The van der Waals surface area contributed by atoms with E-state index in [1.807, 2.05) is 39.8 Å². The van der Waals surface area contributed by atoms with Gasteiger partial charge in [0.05, 0.1) is 6.54 Å². The van der Waals surface area contributed by atoms with Crippen LogP contribution in [-0.2, 0) is 20.9 Å². The Bertz CT molecular complexity index is 793. The van der Waals surface area contributed by atoms with Crippen molar-refractivity contribution in [1.82, 2.24) is 14.7 Å². The fourth-order valence-electron chi connectivity index (χ4n) is 4.23. The molecule has 1 spiro atoms. The summed E-state index contributed by atoms with van der Waals surface area (Å²) >= 11 is 5.99. The molecule has 1 unspecified atom stereocenters. The first kappa shape index (κ1) is 21.6. The van der Waals surface area contributed by atoms with Crippen molar-refractivity contribution in [3.63, 3.8) is 0 Å². The zero-order chi connectivity index (χ0) is 21.3. The summed E-state index contributed by atoms with van der Waals surface area (Å²) in [5.41, 5.74) is -0.0776. The van der Waals surface area contributed by atoms with Crippen LogP contribution in [0.1, 0.15) is 46.1 Å². The second kappa shape index (κ2) is 8.34. The third kappa shape index (κ3) is 4.27. The molecule has 29 heavy (non-hydrogen) atoms. The zero-order valence-corrected chi connectivity index (χ0v) is 18.4. The molecule has 0 bridgehead atoms. The van der Waals surface area contributed by atoms with E-state index in [2.05, 4.69) is 0 Å². The van der Waals surface area contributed by atoms with E-state index >= 15 is 0 Å². The molecule has 2 heterocycles. The van der Waals surface area contributed by atoms with Crippen molar-refractivity contribution in [2.45, 2.75) is 58.7 Å². The number of halogens is 1. The molecule has 3 amide bonds. The van der Waals surface area contributed by atoms with E-state index in [0.29, 0.717) is 31.0 Å². The van der Waals surface area contributed by atoms with E-state index in [1.54, 1.807) is 26.8 Å². The van der Waals surface area contributed by atoms with E-state index in [4.69, 9.17) is 11.6 Å². The highest BCUT2D eigenvalue weighted by atomic mass is 35.5. The summed E-state index contributed by atoms with van der Waals surface area (Å²) in [6, 6.07) is 7.25. The van der Waals surface area contributed by atoms with E-state index in [1.165, 1.54) is 0 Å². The molecule has 6 nitrogen and oxygen atoms in total. The minimum absolute atomic E-state index is 0.0465. The molecule has 158 valence electrons. The van der Waals surface area contributed by atoms with E-state index in [0.717, 1.165) is 5.56 Å². The highest BCUT2D eigenvalue weighted by Gasteiger charge is 2.56. The Hall–Kier alpha value is -2.08. The lowest BCUT2D eigenvalue weighted by molar-refractivity contribution is -0.167. The molecule has 2 fully saturated rings. The predicted octanol–water partition coefficient (Wildman–Crippen LogP) is 2.94. The average molecular weight is 420 g/mol. The number of hydrogen-bond acceptors (Lipinski definition) is 3. The van der Waals surface area contributed by atoms with Gasteiger partial charge in [-0.05, 0) is 43.9 Å². The predicted molar refractivity (Wildman–Crippen MR) is 112 cm³/mol. The van der Waals surface area contributed by atoms with Crippen LogP contribution in [0, 0.1) is 5.92 Å². The quantitative estimate of drug-likeness (QED) is 0.737. The Morgan fingerprint density at radius 3 is 2.38 bits per heavy atom. The summed E-state index contributed by atoms with van der Waals surface area (Å²) < 4.78 is 0. The van der Waals surface area contributed by atoms with Crippen molar-refractivity contribution >= 4 is 29.3 Å². The molecular formula is C22H30ClN3O3. The minimum Gasteiger partial charge on any atom is -0.340 e. The SMILES string of the molecule is CC(C)CC(=O)N1CCC2(C1)C(=O)N(C(C)C)CC(=O)N2Cc1ccc(Cl)cc1. The summed E-state index contributed by atoms with van der Waals surface area (Å²) in [4.78, 5) is 44.5.